The molecule has 5 rings (SSSR count). The minimum atomic E-state index is 0.631. The van der Waals surface area contributed by atoms with Crippen molar-refractivity contribution in [1.82, 2.24) is 4.57 Å². The number of allylic oxidation sites excluding steroid dienone is 2. The normalized spacial score (nSPS) is 25.8. The maximum Gasteiger partial charge on any atom is 0.0482 e. The highest BCUT2D eigenvalue weighted by Gasteiger charge is 2.24. The fraction of sp³-hybridized carbons (Fsp3) is 0.500. The van der Waals surface area contributed by atoms with Crippen LogP contribution in [0, 0.1) is 5.92 Å². The number of hydrogen-bond acceptors (Lipinski definition) is 0. The van der Waals surface area contributed by atoms with Crippen LogP contribution in [0.4, 0.5) is 0 Å². The third-order valence-electron chi connectivity index (χ3n) is 5.58. The van der Waals surface area contributed by atoms with E-state index in [0.717, 1.165) is 5.92 Å². The zero-order valence-electron chi connectivity index (χ0n) is 13.0. The van der Waals surface area contributed by atoms with Gasteiger partial charge in [-0.25, -0.2) is 0 Å². The Labute approximate surface area is 127 Å². The van der Waals surface area contributed by atoms with Crippen molar-refractivity contribution in [3.8, 4) is 0 Å². The molecule has 0 spiro atoms. The summed E-state index contributed by atoms with van der Waals surface area (Å²) in [7, 11) is 2.26. The van der Waals surface area contributed by atoms with E-state index >= 15 is 0 Å². The molecule has 1 heteroatoms. The van der Waals surface area contributed by atoms with Crippen LogP contribution in [0.2, 0.25) is 0 Å². The lowest BCUT2D eigenvalue weighted by molar-refractivity contribution is 0.458. The Morgan fingerprint density at radius 1 is 0.952 bits per heavy atom. The van der Waals surface area contributed by atoms with Crippen LogP contribution >= 0.6 is 0 Å². The molecule has 2 unspecified atom stereocenters. The molecule has 0 fully saturated rings. The first kappa shape index (κ1) is 13.2. The lowest BCUT2D eigenvalue weighted by Gasteiger charge is -2.24. The Hall–Kier alpha value is -1.50. The monoisotopic (exact) mass is 279 g/mol. The molecule has 0 amide bonds. The summed E-state index contributed by atoms with van der Waals surface area (Å²) in [6.07, 6.45) is 14.5. The molecule has 0 saturated heterocycles. The number of benzene rings is 1. The highest BCUT2D eigenvalue weighted by Crippen LogP contribution is 2.39. The van der Waals surface area contributed by atoms with Crippen LogP contribution in [0.15, 0.2) is 36.4 Å². The molecule has 0 N–H and O–H groups in total. The summed E-state index contributed by atoms with van der Waals surface area (Å²) in [5, 5.41) is 1.49. The van der Waals surface area contributed by atoms with Crippen LogP contribution in [0.5, 0.6) is 0 Å². The van der Waals surface area contributed by atoms with Crippen LogP contribution in [-0.2, 0) is 13.5 Å². The molecule has 1 nitrogen and oxygen atoms in total. The topological polar surface area (TPSA) is 4.93 Å². The van der Waals surface area contributed by atoms with Gasteiger partial charge >= 0.3 is 0 Å². The predicted octanol–water partition coefficient (Wildman–Crippen LogP) is 5.34. The van der Waals surface area contributed by atoms with E-state index < -0.39 is 0 Å². The Balaban J connectivity index is 1.90. The summed E-state index contributed by atoms with van der Waals surface area (Å²) >= 11 is 0. The van der Waals surface area contributed by atoms with Gasteiger partial charge in [0, 0.05) is 29.6 Å². The second-order valence-electron chi connectivity index (χ2n) is 6.87. The Kier molecular flexibility index (Phi) is 3.37. The third-order valence-corrected chi connectivity index (χ3v) is 5.58. The summed E-state index contributed by atoms with van der Waals surface area (Å²) in [5.74, 6) is 1.48. The molecule has 2 bridgehead atoms. The van der Waals surface area contributed by atoms with Gasteiger partial charge in [-0.05, 0) is 49.7 Å². The molecular formula is C20H25N. The van der Waals surface area contributed by atoms with E-state index in [4.69, 9.17) is 0 Å². The zero-order valence-corrected chi connectivity index (χ0v) is 13.0. The fourth-order valence-electron chi connectivity index (χ4n) is 4.46. The number of aryl methyl sites for hydroxylation is 2. The minimum Gasteiger partial charge on any atom is -0.347 e. The van der Waals surface area contributed by atoms with Gasteiger partial charge in [0.25, 0.3) is 0 Å². The summed E-state index contributed by atoms with van der Waals surface area (Å²) < 4.78 is 2.47. The molecule has 2 aromatic rings. The van der Waals surface area contributed by atoms with Crippen LogP contribution in [-0.4, -0.2) is 4.57 Å². The molecule has 1 aromatic carbocycles. The Morgan fingerprint density at radius 2 is 1.86 bits per heavy atom. The van der Waals surface area contributed by atoms with Gasteiger partial charge in [-0.1, -0.05) is 43.2 Å². The largest absolute Gasteiger partial charge is 0.347 e. The number of hydrogen-bond donors (Lipinski definition) is 0. The molecule has 3 aliphatic rings. The van der Waals surface area contributed by atoms with Gasteiger partial charge < -0.3 is 4.57 Å². The van der Waals surface area contributed by atoms with E-state index in [0.29, 0.717) is 5.92 Å². The molecule has 21 heavy (non-hydrogen) atoms. The van der Waals surface area contributed by atoms with Crippen molar-refractivity contribution >= 4 is 10.9 Å². The summed E-state index contributed by atoms with van der Waals surface area (Å²) in [5.41, 5.74) is 4.63. The molecular weight excluding hydrogens is 254 g/mol. The second kappa shape index (κ2) is 5.36. The Bertz CT molecular complexity index is 676. The van der Waals surface area contributed by atoms with E-state index in [1.54, 1.807) is 11.3 Å². The predicted molar refractivity (Wildman–Crippen MR) is 89.7 cm³/mol. The first-order valence-electron chi connectivity index (χ1n) is 8.59. The average molecular weight is 279 g/mol. The van der Waals surface area contributed by atoms with Crippen molar-refractivity contribution in [2.45, 2.75) is 50.9 Å². The van der Waals surface area contributed by atoms with Crippen LogP contribution in [0.1, 0.15) is 55.7 Å². The van der Waals surface area contributed by atoms with E-state index in [2.05, 4.69) is 48.0 Å². The van der Waals surface area contributed by atoms with Gasteiger partial charge in [0.15, 0.2) is 0 Å². The quantitative estimate of drug-likeness (QED) is 0.573. The number of nitrogens with zero attached hydrogens (tertiary/aromatic N) is 1. The minimum absolute atomic E-state index is 0.631. The van der Waals surface area contributed by atoms with Gasteiger partial charge in [0.1, 0.15) is 0 Å². The van der Waals surface area contributed by atoms with Crippen LogP contribution in [0.25, 0.3) is 10.9 Å². The molecule has 0 radical (unpaired) electrons. The molecule has 1 heterocycles. The lowest BCUT2D eigenvalue weighted by Crippen LogP contribution is -2.11. The smallest absolute Gasteiger partial charge is 0.0482 e. The highest BCUT2D eigenvalue weighted by molar-refractivity contribution is 5.86. The van der Waals surface area contributed by atoms with Gasteiger partial charge in [0.2, 0.25) is 0 Å². The summed E-state index contributed by atoms with van der Waals surface area (Å²) in [4.78, 5) is 0. The van der Waals surface area contributed by atoms with Crippen LogP contribution < -0.4 is 0 Å². The van der Waals surface area contributed by atoms with Gasteiger partial charge in [-0.2, -0.15) is 0 Å². The molecule has 3 aliphatic carbocycles. The maximum atomic E-state index is 2.51. The first-order chi connectivity index (χ1) is 10.3. The van der Waals surface area contributed by atoms with Crippen LogP contribution in [0.3, 0.4) is 0 Å². The van der Waals surface area contributed by atoms with E-state index in [9.17, 15) is 0 Å². The van der Waals surface area contributed by atoms with Gasteiger partial charge in [-0.15, -0.1) is 0 Å². The third kappa shape index (κ3) is 2.23. The number of rotatable bonds is 0. The molecule has 2 atom stereocenters. The Morgan fingerprint density at radius 3 is 2.71 bits per heavy atom. The van der Waals surface area contributed by atoms with Crippen molar-refractivity contribution < 1.29 is 0 Å². The second-order valence-corrected chi connectivity index (χ2v) is 6.87. The molecule has 0 saturated carbocycles. The van der Waals surface area contributed by atoms with E-state index in [1.807, 2.05) is 0 Å². The first-order valence-corrected chi connectivity index (χ1v) is 8.59. The summed E-state index contributed by atoms with van der Waals surface area (Å²) in [6.45, 7) is 0. The van der Waals surface area contributed by atoms with E-state index in [-0.39, 0.29) is 0 Å². The van der Waals surface area contributed by atoms with Gasteiger partial charge in [-0.3, -0.25) is 0 Å². The van der Waals surface area contributed by atoms with Crippen molar-refractivity contribution in [2.24, 2.45) is 13.0 Å². The summed E-state index contributed by atoms with van der Waals surface area (Å²) in [6, 6.07) is 8.97. The van der Waals surface area contributed by atoms with Crippen molar-refractivity contribution in [3.05, 3.63) is 47.7 Å². The number of fused-ring (bicyclic) bond motifs is 6. The van der Waals surface area contributed by atoms with Crippen molar-refractivity contribution in [3.63, 3.8) is 0 Å². The lowest BCUT2D eigenvalue weighted by atomic mass is 9.84. The SMILES string of the molecule is Cn1c2c(c3ccccc31)CCCCCC1C=CC2CC1. The van der Waals surface area contributed by atoms with Crippen molar-refractivity contribution in [1.29, 1.82) is 0 Å². The van der Waals surface area contributed by atoms with E-state index in [1.165, 1.54) is 55.8 Å². The maximum absolute atomic E-state index is 2.51. The molecule has 0 aliphatic heterocycles. The van der Waals surface area contributed by atoms with Gasteiger partial charge in [0.05, 0.1) is 0 Å². The fourth-order valence-corrected chi connectivity index (χ4v) is 4.46. The average Bonchev–Trinajstić information content (AvgIpc) is 2.78. The van der Waals surface area contributed by atoms with Crippen molar-refractivity contribution in [2.75, 3.05) is 0 Å². The molecule has 1 aromatic heterocycles. The molecule has 110 valence electrons. The number of aromatic nitrogens is 1. The highest BCUT2D eigenvalue weighted by atomic mass is 15.0. The number of para-hydroxylation sites is 1. The zero-order chi connectivity index (χ0) is 14.2. The standard InChI is InChI=1S/C20H25N/c1-21-19-10-6-5-8-17(19)18-9-4-2-3-7-15-11-13-16(14-12-15)20(18)21/h5-6,8,10-11,13,15-16H,2-4,7,9,12,14H2,1H3.